The number of piperidine rings is 1. The number of aliphatic hydroxyl groups excluding tert-OH is 1. The molecule has 1 aliphatic rings. The highest BCUT2D eigenvalue weighted by Crippen LogP contribution is 2.22. The van der Waals surface area contributed by atoms with Gasteiger partial charge in [0.05, 0.1) is 6.10 Å². The summed E-state index contributed by atoms with van der Waals surface area (Å²) in [6, 6.07) is -1.49. The second-order valence-electron chi connectivity index (χ2n) is 5.04. The van der Waals surface area contributed by atoms with Crippen LogP contribution in [0.1, 0.15) is 40.0 Å². The molecule has 104 valence electrons. The number of likely N-dealkylation sites (tertiary alicyclic amines) is 1. The number of hydrogen-bond acceptors (Lipinski definition) is 3. The minimum atomic E-state index is -1.26. The Bertz CT molecular complexity index is 309. The molecule has 1 fully saturated rings. The third-order valence-electron chi connectivity index (χ3n) is 3.46. The van der Waals surface area contributed by atoms with Gasteiger partial charge in [-0.15, -0.1) is 0 Å². The van der Waals surface area contributed by atoms with Crippen molar-refractivity contribution in [2.45, 2.75) is 64.3 Å². The molecule has 4 atom stereocenters. The maximum atomic E-state index is 12.1. The van der Waals surface area contributed by atoms with Gasteiger partial charge in [-0.05, 0) is 40.0 Å². The van der Waals surface area contributed by atoms with Crippen LogP contribution in [0.4, 0.5) is 4.79 Å². The van der Waals surface area contributed by atoms with E-state index in [2.05, 4.69) is 5.32 Å². The molecule has 1 rings (SSSR count). The Morgan fingerprint density at radius 1 is 1.28 bits per heavy atom. The monoisotopic (exact) mass is 258 g/mol. The van der Waals surface area contributed by atoms with Crippen LogP contribution in [0, 0.1) is 0 Å². The topological polar surface area (TPSA) is 89.9 Å². The van der Waals surface area contributed by atoms with Crippen LogP contribution in [0.5, 0.6) is 0 Å². The van der Waals surface area contributed by atoms with Crippen LogP contribution >= 0.6 is 0 Å². The Morgan fingerprint density at radius 2 is 1.78 bits per heavy atom. The fraction of sp³-hybridized carbons (Fsp3) is 0.833. The molecule has 1 saturated heterocycles. The quantitative estimate of drug-likeness (QED) is 0.698. The van der Waals surface area contributed by atoms with Crippen molar-refractivity contribution in [1.82, 2.24) is 10.2 Å². The SMILES string of the molecule is CC(O)C(NC(=O)N1C(C)CCCC1C)C(=O)O. The van der Waals surface area contributed by atoms with Crippen molar-refractivity contribution in [3.05, 3.63) is 0 Å². The molecular weight excluding hydrogens is 236 g/mol. The van der Waals surface area contributed by atoms with Crippen LogP contribution in [-0.4, -0.2) is 51.3 Å². The molecule has 6 nitrogen and oxygen atoms in total. The number of carboxylic acids is 1. The first-order valence-electron chi connectivity index (χ1n) is 6.34. The van der Waals surface area contributed by atoms with Gasteiger partial charge in [-0.1, -0.05) is 0 Å². The zero-order valence-corrected chi connectivity index (χ0v) is 11.1. The highest BCUT2D eigenvalue weighted by molar-refractivity contribution is 5.83. The largest absolute Gasteiger partial charge is 0.480 e. The summed E-state index contributed by atoms with van der Waals surface area (Å²) in [6.45, 7) is 5.25. The van der Waals surface area contributed by atoms with Crippen molar-refractivity contribution in [1.29, 1.82) is 0 Å². The van der Waals surface area contributed by atoms with Gasteiger partial charge in [-0.2, -0.15) is 0 Å². The molecule has 0 bridgehead atoms. The minimum Gasteiger partial charge on any atom is -0.480 e. The number of aliphatic carboxylic acids is 1. The predicted octanol–water partition coefficient (Wildman–Crippen LogP) is 0.793. The van der Waals surface area contributed by atoms with Gasteiger partial charge >= 0.3 is 12.0 Å². The Hall–Kier alpha value is -1.30. The number of carboxylic acid groups (broad SMARTS) is 1. The van der Waals surface area contributed by atoms with Gasteiger partial charge in [0, 0.05) is 12.1 Å². The van der Waals surface area contributed by atoms with Crippen LogP contribution in [0.15, 0.2) is 0 Å². The molecule has 0 aromatic rings. The van der Waals surface area contributed by atoms with Crippen molar-refractivity contribution in [3.63, 3.8) is 0 Å². The van der Waals surface area contributed by atoms with Crippen LogP contribution in [0.25, 0.3) is 0 Å². The van der Waals surface area contributed by atoms with Crippen molar-refractivity contribution in [3.8, 4) is 0 Å². The summed E-state index contributed by atoms with van der Waals surface area (Å²) in [4.78, 5) is 24.7. The van der Waals surface area contributed by atoms with E-state index in [0.29, 0.717) is 0 Å². The summed E-state index contributed by atoms with van der Waals surface area (Å²) in [5, 5.41) is 20.7. The molecule has 3 N–H and O–H groups in total. The lowest BCUT2D eigenvalue weighted by Gasteiger charge is -2.39. The van der Waals surface area contributed by atoms with Crippen molar-refractivity contribution in [2.75, 3.05) is 0 Å². The molecule has 1 aliphatic heterocycles. The number of rotatable bonds is 3. The molecule has 1 heterocycles. The average Bonchev–Trinajstić information content (AvgIpc) is 2.24. The van der Waals surface area contributed by atoms with E-state index in [1.165, 1.54) is 6.92 Å². The van der Waals surface area contributed by atoms with E-state index in [4.69, 9.17) is 5.11 Å². The Kier molecular flexibility index (Phi) is 4.95. The summed E-state index contributed by atoms with van der Waals surface area (Å²) in [5.41, 5.74) is 0. The molecule has 0 aromatic heterocycles. The number of amides is 2. The molecule has 4 unspecified atom stereocenters. The van der Waals surface area contributed by atoms with Crippen LogP contribution < -0.4 is 5.32 Å². The van der Waals surface area contributed by atoms with Gasteiger partial charge in [-0.25, -0.2) is 9.59 Å². The first kappa shape index (κ1) is 14.8. The fourth-order valence-corrected chi connectivity index (χ4v) is 2.42. The van der Waals surface area contributed by atoms with Gasteiger partial charge in [0.25, 0.3) is 0 Å². The van der Waals surface area contributed by atoms with E-state index in [1.807, 2.05) is 13.8 Å². The summed E-state index contributed by atoms with van der Waals surface area (Å²) in [5.74, 6) is -1.23. The first-order chi connectivity index (χ1) is 8.34. The van der Waals surface area contributed by atoms with E-state index in [9.17, 15) is 14.7 Å². The second kappa shape index (κ2) is 6.04. The maximum absolute atomic E-state index is 12.1. The Labute approximate surface area is 107 Å². The summed E-state index contributed by atoms with van der Waals surface area (Å²) in [7, 11) is 0. The lowest BCUT2D eigenvalue weighted by atomic mass is 9.98. The molecule has 2 amide bonds. The highest BCUT2D eigenvalue weighted by atomic mass is 16.4. The minimum absolute atomic E-state index is 0.0946. The summed E-state index contributed by atoms with van der Waals surface area (Å²) in [6.07, 6.45) is 1.79. The average molecular weight is 258 g/mol. The number of carbonyl (C=O) groups excluding carboxylic acids is 1. The Balaban J connectivity index is 2.70. The number of nitrogens with zero attached hydrogens (tertiary/aromatic N) is 1. The van der Waals surface area contributed by atoms with Gasteiger partial charge in [0.2, 0.25) is 0 Å². The van der Waals surface area contributed by atoms with E-state index in [1.54, 1.807) is 4.90 Å². The third kappa shape index (κ3) is 3.35. The normalized spacial score (nSPS) is 27.4. The van der Waals surface area contributed by atoms with Crippen LogP contribution in [0.3, 0.4) is 0 Å². The fourth-order valence-electron chi connectivity index (χ4n) is 2.42. The number of hydrogen-bond donors (Lipinski definition) is 3. The van der Waals surface area contributed by atoms with Crippen molar-refractivity contribution < 1.29 is 19.8 Å². The number of nitrogens with one attached hydrogen (secondary N) is 1. The second-order valence-corrected chi connectivity index (χ2v) is 5.04. The Morgan fingerprint density at radius 3 is 2.17 bits per heavy atom. The number of urea groups is 1. The summed E-state index contributed by atoms with van der Waals surface area (Å²) >= 11 is 0. The molecule has 0 radical (unpaired) electrons. The van der Waals surface area contributed by atoms with Gasteiger partial charge < -0.3 is 20.4 Å². The lowest BCUT2D eigenvalue weighted by Crippen LogP contribution is -2.57. The summed E-state index contributed by atoms with van der Waals surface area (Å²) < 4.78 is 0. The molecule has 0 saturated carbocycles. The van der Waals surface area contributed by atoms with Gasteiger partial charge in [-0.3, -0.25) is 0 Å². The standard InChI is InChI=1S/C12H22N2O4/c1-7-5-4-6-8(2)14(7)12(18)13-10(9(3)15)11(16)17/h7-10,15H,4-6H2,1-3H3,(H,13,18)(H,16,17). The first-order valence-corrected chi connectivity index (χ1v) is 6.34. The van der Waals surface area contributed by atoms with Gasteiger partial charge in [0.15, 0.2) is 6.04 Å². The predicted molar refractivity (Wildman–Crippen MR) is 66.3 cm³/mol. The van der Waals surface area contributed by atoms with Crippen molar-refractivity contribution in [2.24, 2.45) is 0 Å². The molecular formula is C12H22N2O4. The highest BCUT2D eigenvalue weighted by Gasteiger charge is 2.32. The zero-order chi connectivity index (χ0) is 13.9. The smallest absolute Gasteiger partial charge is 0.328 e. The maximum Gasteiger partial charge on any atom is 0.328 e. The molecule has 0 spiro atoms. The number of aliphatic hydroxyl groups is 1. The van der Waals surface area contributed by atoms with Crippen LogP contribution in [0.2, 0.25) is 0 Å². The lowest BCUT2D eigenvalue weighted by molar-refractivity contribution is -0.141. The van der Waals surface area contributed by atoms with Crippen molar-refractivity contribution >= 4 is 12.0 Å². The van der Waals surface area contributed by atoms with Crippen LogP contribution in [-0.2, 0) is 4.79 Å². The van der Waals surface area contributed by atoms with E-state index in [0.717, 1.165) is 19.3 Å². The third-order valence-corrected chi connectivity index (χ3v) is 3.46. The zero-order valence-electron chi connectivity index (χ0n) is 11.1. The van der Waals surface area contributed by atoms with E-state index >= 15 is 0 Å². The number of carbonyl (C=O) groups is 2. The van der Waals surface area contributed by atoms with E-state index < -0.39 is 24.1 Å². The molecule has 6 heteroatoms. The van der Waals surface area contributed by atoms with Gasteiger partial charge in [0.1, 0.15) is 0 Å². The molecule has 18 heavy (non-hydrogen) atoms. The molecule has 0 aliphatic carbocycles. The molecule has 0 aromatic carbocycles. The van der Waals surface area contributed by atoms with E-state index in [-0.39, 0.29) is 12.1 Å².